The van der Waals surface area contributed by atoms with E-state index in [-0.39, 0.29) is 22.3 Å². The Morgan fingerprint density at radius 3 is 2.34 bits per heavy atom. The van der Waals surface area contributed by atoms with E-state index in [1.54, 1.807) is 6.07 Å². The van der Waals surface area contributed by atoms with Gasteiger partial charge in [-0.05, 0) is 58.9 Å². The molecular formula is C29H37FO2. The number of unbranched alkanes of at least 4 members (excludes halogenated alkanes) is 2. The molecule has 1 N–H and O–H groups in total. The number of fused-ring (bicyclic) bond motifs is 1. The van der Waals surface area contributed by atoms with Crippen LogP contribution in [0, 0.1) is 5.82 Å². The Kier molecular flexibility index (Phi) is 7.27. The van der Waals surface area contributed by atoms with Gasteiger partial charge in [-0.25, -0.2) is 9.18 Å². The summed E-state index contributed by atoms with van der Waals surface area (Å²) in [5.41, 5.74) is 4.91. The van der Waals surface area contributed by atoms with Crippen LogP contribution in [-0.2, 0) is 10.8 Å². The van der Waals surface area contributed by atoms with E-state index >= 15 is 0 Å². The van der Waals surface area contributed by atoms with Gasteiger partial charge in [0, 0.05) is 11.5 Å². The van der Waals surface area contributed by atoms with Crippen molar-refractivity contribution in [3.8, 4) is 0 Å². The molecule has 2 aromatic rings. The zero-order chi connectivity index (χ0) is 23.5. The van der Waals surface area contributed by atoms with Gasteiger partial charge < -0.3 is 5.11 Å². The Labute approximate surface area is 192 Å². The van der Waals surface area contributed by atoms with Gasteiger partial charge in [-0.15, -0.1) is 0 Å². The quantitative estimate of drug-likeness (QED) is 0.423. The maximum atomic E-state index is 14.5. The number of halogens is 1. The lowest BCUT2D eigenvalue weighted by molar-refractivity contribution is 0.0696. The van der Waals surface area contributed by atoms with Gasteiger partial charge >= 0.3 is 5.97 Å². The molecule has 0 saturated carbocycles. The number of hydrogen-bond acceptors (Lipinski definition) is 1. The number of hydrogen-bond donors (Lipinski definition) is 1. The second-order valence-electron chi connectivity index (χ2n) is 10.6. The molecule has 2 aromatic carbocycles. The molecule has 0 aromatic heterocycles. The molecule has 1 atom stereocenters. The Bertz CT molecular complexity index is 1000. The summed E-state index contributed by atoms with van der Waals surface area (Å²) >= 11 is 0. The molecule has 32 heavy (non-hydrogen) atoms. The molecule has 1 unspecified atom stereocenters. The SMILES string of the molecule is CCCCCC(C=Cc1ccc(C(=O)O)cc1F)c1ccc2c(c1)C(C)(C)CCC2(C)C. The van der Waals surface area contributed by atoms with Crippen molar-refractivity contribution in [3.05, 3.63) is 76.1 Å². The first-order chi connectivity index (χ1) is 15.0. The lowest BCUT2D eigenvalue weighted by atomic mass is 9.62. The van der Waals surface area contributed by atoms with E-state index in [0.717, 1.165) is 25.3 Å². The van der Waals surface area contributed by atoms with Crippen LogP contribution in [0.5, 0.6) is 0 Å². The highest BCUT2D eigenvalue weighted by molar-refractivity contribution is 5.87. The van der Waals surface area contributed by atoms with Crippen LogP contribution in [0.3, 0.4) is 0 Å². The molecule has 0 bridgehead atoms. The monoisotopic (exact) mass is 436 g/mol. The maximum Gasteiger partial charge on any atom is 0.335 e. The number of carbonyl (C=O) groups is 1. The highest BCUT2D eigenvalue weighted by atomic mass is 19.1. The summed E-state index contributed by atoms with van der Waals surface area (Å²) < 4.78 is 14.5. The predicted molar refractivity (Wildman–Crippen MR) is 131 cm³/mol. The molecular weight excluding hydrogens is 399 g/mol. The van der Waals surface area contributed by atoms with Crippen molar-refractivity contribution in [3.63, 3.8) is 0 Å². The molecule has 0 heterocycles. The third kappa shape index (κ3) is 5.31. The highest BCUT2D eigenvalue weighted by Gasteiger charge is 2.37. The van der Waals surface area contributed by atoms with Crippen molar-refractivity contribution >= 4 is 12.0 Å². The van der Waals surface area contributed by atoms with Gasteiger partial charge in [0.05, 0.1) is 5.56 Å². The molecule has 1 aliphatic rings. The number of rotatable bonds is 8. The van der Waals surface area contributed by atoms with Crippen molar-refractivity contribution in [2.45, 2.75) is 89.9 Å². The summed E-state index contributed by atoms with van der Waals surface area (Å²) in [6.45, 7) is 11.6. The standard InChI is InChI=1S/C29H37FO2/c1-6-7-8-9-20(10-11-21-12-13-23(27(31)32)19-26(21)30)22-14-15-24-25(18-22)29(4,5)17-16-28(24,2)3/h10-15,18-20H,6-9,16-17H2,1-5H3,(H,31,32). The second-order valence-corrected chi connectivity index (χ2v) is 10.6. The molecule has 3 heteroatoms. The van der Waals surface area contributed by atoms with Crippen molar-refractivity contribution in [1.29, 1.82) is 0 Å². The number of benzene rings is 2. The summed E-state index contributed by atoms with van der Waals surface area (Å²) in [6, 6.07) is 11.1. The van der Waals surface area contributed by atoms with E-state index in [0.29, 0.717) is 5.56 Å². The van der Waals surface area contributed by atoms with E-state index in [4.69, 9.17) is 5.11 Å². The molecule has 0 aliphatic heterocycles. The summed E-state index contributed by atoms with van der Waals surface area (Å²) in [4.78, 5) is 11.1. The predicted octanol–water partition coefficient (Wildman–Crippen LogP) is 8.25. The minimum Gasteiger partial charge on any atom is -0.478 e. The Hall–Kier alpha value is -2.42. The molecule has 0 fully saturated rings. The van der Waals surface area contributed by atoms with Crippen molar-refractivity contribution in [2.24, 2.45) is 0 Å². The third-order valence-electron chi connectivity index (χ3n) is 7.18. The lowest BCUT2D eigenvalue weighted by Crippen LogP contribution is -2.34. The first-order valence-electron chi connectivity index (χ1n) is 11.9. The van der Waals surface area contributed by atoms with Gasteiger partial charge in [0.1, 0.15) is 5.82 Å². The van der Waals surface area contributed by atoms with Gasteiger partial charge in [0.2, 0.25) is 0 Å². The minimum atomic E-state index is -1.11. The van der Waals surface area contributed by atoms with Crippen LogP contribution in [0.15, 0.2) is 42.5 Å². The number of allylic oxidation sites excluding steroid dienone is 1. The van der Waals surface area contributed by atoms with Gasteiger partial charge in [-0.2, -0.15) is 0 Å². The van der Waals surface area contributed by atoms with Crippen LogP contribution in [0.25, 0.3) is 6.08 Å². The number of carboxylic acids is 1. The molecule has 2 nitrogen and oxygen atoms in total. The van der Waals surface area contributed by atoms with Gasteiger partial charge in [-0.3, -0.25) is 0 Å². The molecule has 172 valence electrons. The van der Waals surface area contributed by atoms with E-state index < -0.39 is 11.8 Å². The molecule has 1 aliphatic carbocycles. The zero-order valence-electron chi connectivity index (χ0n) is 20.2. The van der Waals surface area contributed by atoms with Gasteiger partial charge in [0.25, 0.3) is 0 Å². The Morgan fingerprint density at radius 1 is 1.03 bits per heavy atom. The first-order valence-corrected chi connectivity index (χ1v) is 11.9. The lowest BCUT2D eigenvalue weighted by Gasteiger charge is -2.42. The average Bonchev–Trinajstić information content (AvgIpc) is 2.74. The van der Waals surface area contributed by atoms with E-state index in [2.05, 4.69) is 58.9 Å². The second kappa shape index (κ2) is 9.60. The number of carboxylic acid groups (broad SMARTS) is 1. The molecule has 0 saturated heterocycles. The van der Waals surface area contributed by atoms with Crippen LogP contribution < -0.4 is 0 Å². The Morgan fingerprint density at radius 2 is 1.72 bits per heavy atom. The van der Waals surface area contributed by atoms with Crippen LogP contribution in [0.1, 0.15) is 112 Å². The normalized spacial score (nSPS) is 17.8. The molecule has 0 spiro atoms. The summed E-state index contributed by atoms with van der Waals surface area (Å²) in [7, 11) is 0. The van der Waals surface area contributed by atoms with Crippen LogP contribution in [0.4, 0.5) is 4.39 Å². The summed E-state index contributed by atoms with van der Waals surface area (Å²) in [6.07, 6.45) is 10.7. The maximum absolute atomic E-state index is 14.5. The minimum absolute atomic E-state index is 0.0290. The Balaban J connectivity index is 1.96. The van der Waals surface area contributed by atoms with E-state index in [1.165, 1.54) is 42.0 Å². The highest BCUT2D eigenvalue weighted by Crippen LogP contribution is 2.46. The molecule has 0 radical (unpaired) electrons. The van der Waals surface area contributed by atoms with Gasteiger partial charge in [-0.1, -0.05) is 90.3 Å². The average molecular weight is 437 g/mol. The van der Waals surface area contributed by atoms with E-state index in [1.807, 2.05) is 6.08 Å². The van der Waals surface area contributed by atoms with Crippen LogP contribution in [0.2, 0.25) is 0 Å². The first kappa shape index (κ1) is 24.2. The fraction of sp³-hybridized carbons (Fsp3) is 0.483. The van der Waals surface area contributed by atoms with Crippen molar-refractivity contribution < 1.29 is 14.3 Å². The zero-order valence-corrected chi connectivity index (χ0v) is 20.2. The van der Waals surface area contributed by atoms with Gasteiger partial charge in [0.15, 0.2) is 0 Å². The number of aromatic carboxylic acids is 1. The van der Waals surface area contributed by atoms with Crippen molar-refractivity contribution in [1.82, 2.24) is 0 Å². The van der Waals surface area contributed by atoms with Crippen LogP contribution in [-0.4, -0.2) is 11.1 Å². The summed E-state index contributed by atoms with van der Waals surface area (Å²) in [5, 5.41) is 9.08. The summed E-state index contributed by atoms with van der Waals surface area (Å²) in [5.74, 6) is -1.41. The molecule has 0 amide bonds. The van der Waals surface area contributed by atoms with Crippen molar-refractivity contribution in [2.75, 3.05) is 0 Å². The largest absolute Gasteiger partial charge is 0.478 e. The smallest absolute Gasteiger partial charge is 0.335 e. The van der Waals surface area contributed by atoms with E-state index in [9.17, 15) is 9.18 Å². The fourth-order valence-corrected chi connectivity index (χ4v) is 4.84. The fourth-order valence-electron chi connectivity index (χ4n) is 4.84. The molecule has 3 rings (SSSR count). The third-order valence-corrected chi connectivity index (χ3v) is 7.18. The topological polar surface area (TPSA) is 37.3 Å². The van der Waals surface area contributed by atoms with Crippen LogP contribution >= 0.6 is 0 Å².